The number of ether oxygens (including phenoxy) is 1. The molecule has 2 N–H and O–H groups in total. The predicted molar refractivity (Wildman–Crippen MR) is 127 cm³/mol. The average molecular weight is 453 g/mol. The van der Waals surface area contributed by atoms with E-state index in [1.54, 1.807) is 31.4 Å². The van der Waals surface area contributed by atoms with E-state index >= 15 is 0 Å². The van der Waals surface area contributed by atoms with Crippen LogP contribution in [0.25, 0.3) is 0 Å². The molecule has 32 heavy (non-hydrogen) atoms. The lowest BCUT2D eigenvalue weighted by molar-refractivity contribution is -0.120. The van der Waals surface area contributed by atoms with Gasteiger partial charge in [-0.2, -0.15) is 0 Å². The molecule has 0 unspecified atom stereocenters. The molecule has 0 spiro atoms. The normalized spacial score (nSPS) is 10.8. The predicted octanol–water partition coefficient (Wildman–Crippen LogP) is 4.96. The van der Waals surface area contributed by atoms with Gasteiger partial charge < -0.3 is 10.1 Å². The molecule has 3 rings (SSSR count). The van der Waals surface area contributed by atoms with Gasteiger partial charge in [0.1, 0.15) is 10.8 Å². The standard InChI is InChI=1S/C24H28N4O3S/c1-4-17(5-2)22(29)25-19-11-9-18(10-12-19)23(30)26-24-28-27-21(32-24)15-8-16-6-13-20(31-3)14-7-16/h6-7,9-14,17H,4-5,8,15H2,1-3H3,(H,25,29)(H,26,28,30). The van der Waals surface area contributed by atoms with Crippen LogP contribution in [0.5, 0.6) is 5.75 Å². The number of amides is 2. The first-order valence-corrected chi connectivity index (χ1v) is 11.5. The smallest absolute Gasteiger partial charge is 0.257 e. The Kier molecular flexibility index (Phi) is 8.33. The maximum atomic E-state index is 12.5. The molecule has 7 nitrogen and oxygen atoms in total. The molecule has 8 heteroatoms. The van der Waals surface area contributed by atoms with Crippen molar-refractivity contribution in [2.45, 2.75) is 39.5 Å². The average Bonchev–Trinajstić information content (AvgIpc) is 3.26. The van der Waals surface area contributed by atoms with E-state index in [9.17, 15) is 9.59 Å². The van der Waals surface area contributed by atoms with Gasteiger partial charge in [0.2, 0.25) is 11.0 Å². The van der Waals surface area contributed by atoms with Gasteiger partial charge in [-0.1, -0.05) is 37.3 Å². The molecular weight excluding hydrogens is 424 g/mol. The lowest BCUT2D eigenvalue weighted by Gasteiger charge is -2.12. The highest BCUT2D eigenvalue weighted by Gasteiger charge is 2.15. The first-order valence-electron chi connectivity index (χ1n) is 10.7. The number of hydrogen-bond acceptors (Lipinski definition) is 6. The van der Waals surface area contributed by atoms with Crippen LogP contribution in [0, 0.1) is 5.92 Å². The maximum absolute atomic E-state index is 12.5. The maximum Gasteiger partial charge on any atom is 0.257 e. The molecule has 1 aromatic heterocycles. The minimum absolute atomic E-state index is 0.00299. The zero-order chi connectivity index (χ0) is 22.9. The highest BCUT2D eigenvalue weighted by atomic mass is 32.1. The van der Waals surface area contributed by atoms with Crippen LogP contribution < -0.4 is 15.4 Å². The van der Waals surface area contributed by atoms with Crippen molar-refractivity contribution in [2.75, 3.05) is 17.7 Å². The van der Waals surface area contributed by atoms with Gasteiger partial charge in [-0.15, -0.1) is 10.2 Å². The summed E-state index contributed by atoms with van der Waals surface area (Å²) in [6.45, 7) is 4.00. The Morgan fingerprint density at radius 1 is 0.938 bits per heavy atom. The lowest BCUT2D eigenvalue weighted by Crippen LogP contribution is -2.21. The number of aromatic nitrogens is 2. The number of nitrogens with one attached hydrogen (secondary N) is 2. The van der Waals surface area contributed by atoms with Crippen molar-refractivity contribution in [1.29, 1.82) is 0 Å². The summed E-state index contributed by atoms with van der Waals surface area (Å²) in [7, 11) is 1.65. The number of carbonyl (C=O) groups excluding carboxylic acids is 2. The Labute approximate surface area is 192 Å². The van der Waals surface area contributed by atoms with Gasteiger partial charge in [-0.3, -0.25) is 14.9 Å². The van der Waals surface area contributed by atoms with Gasteiger partial charge >= 0.3 is 0 Å². The second-order valence-electron chi connectivity index (χ2n) is 7.38. The molecule has 168 valence electrons. The number of carbonyl (C=O) groups is 2. The molecule has 0 aliphatic carbocycles. The van der Waals surface area contributed by atoms with Gasteiger partial charge in [0.05, 0.1) is 7.11 Å². The molecule has 3 aromatic rings. The summed E-state index contributed by atoms with van der Waals surface area (Å²) in [5.74, 6) is 0.564. The SMILES string of the molecule is CCC(CC)C(=O)Nc1ccc(C(=O)Nc2nnc(CCc3ccc(OC)cc3)s2)cc1. The fourth-order valence-electron chi connectivity index (χ4n) is 3.23. The van der Waals surface area contributed by atoms with Crippen molar-refractivity contribution < 1.29 is 14.3 Å². The van der Waals surface area contributed by atoms with Crippen molar-refractivity contribution in [2.24, 2.45) is 5.92 Å². The minimum Gasteiger partial charge on any atom is -0.497 e. The summed E-state index contributed by atoms with van der Waals surface area (Å²) >= 11 is 1.37. The highest BCUT2D eigenvalue weighted by Crippen LogP contribution is 2.20. The van der Waals surface area contributed by atoms with E-state index in [1.807, 2.05) is 38.1 Å². The van der Waals surface area contributed by atoms with Crippen molar-refractivity contribution in [3.63, 3.8) is 0 Å². The summed E-state index contributed by atoms with van der Waals surface area (Å²) in [4.78, 5) is 24.7. The van der Waals surface area contributed by atoms with Crippen LogP contribution >= 0.6 is 11.3 Å². The number of rotatable bonds is 10. The van der Waals surface area contributed by atoms with Crippen LogP contribution in [-0.4, -0.2) is 29.1 Å². The van der Waals surface area contributed by atoms with E-state index in [0.717, 1.165) is 36.4 Å². The van der Waals surface area contributed by atoms with Crippen LogP contribution in [0.4, 0.5) is 10.8 Å². The van der Waals surface area contributed by atoms with Crippen molar-refractivity contribution >= 4 is 34.0 Å². The highest BCUT2D eigenvalue weighted by molar-refractivity contribution is 7.15. The molecular formula is C24H28N4O3S. The molecule has 0 atom stereocenters. The van der Waals surface area contributed by atoms with E-state index in [1.165, 1.54) is 16.9 Å². The van der Waals surface area contributed by atoms with Gasteiger partial charge in [0, 0.05) is 23.6 Å². The molecule has 0 aliphatic rings. The molecule has 1 heterocycles. The Morgan fingerprint density at radius 3 is 2.25 bits per heavy atom. The molecule has 2 aromatic carbocycles. The number of hydrogen-bond donors (Lipinski definition) is 2. The van der Waals surface area contributed by atoms with Crippen molar-refractivity contribution in [1.82, 2.24) is 10.2 Å². The number of methoxy groups -OCH3 is 1. The van der Waals surface area contributed by atoms with Crippen LogP contribution in [0.15, 0.2) is 48.5 Å². The largest absolute Gasteiger partial charge is 0.497 e. The molecule has 0 radical (unpaired) electrons. The van der Waals surface area contributed by atoms with Gasteiger partial charge in [0.25, 0.3) is 5.91 Å². The zero-order valence-corrected chi connectivity index (χ0v) is 19.4. The Hall–Kier alpha value is -3.26. The Bertz CT molecular complexity index is 1030. The lowest BCUT2D eigenvalue weighted by atomic mass is 10.0. The third-order valence-corrected chi connectivity index (χ3v) is 6.14. The quantitative estimate of drug-likeness (QED) is 0.454. The third kappa shape index (κ3) is 6.37. The fraction of sp³-hybridized carbons (Fsp3) is 0.333. The van der Waals surface area contributed by atoms with Crippen LogP contribution in [0.3, 0.4) is 0 Å². The monoisotopic (exact) mass is 452 g/mol. The number of benzene rings is 2. The van der Waals surface area contributed by atoms with Gasteiger partial charge in [0.15, 0.2) is 0 Å². The van der Waals surface area contributed by atoms with Crippen molar-refractivity contribution in [3.8, 4) is 5.75 Å². The first kappa shape index (κ1) is 23.4. The number of nitrogens with zero attached hydrogens (tertiary/aromatic N) is 2. The van der Waals surface area contributed by atoms with Crippen LogP contribution in [0.1, 0.15) is 47.6 Å². The second kappa shape index (κ2) is 11.4. The number of aryl methyl sites for hydroxylation is 2. The minimum atomic E-state index is -0.263. The van der Waals surface area contributed by atoms with E-state index in [4.69, 9.17) is 4.74 Å². The summed E-state index contributed by atoms with van der Waals surface area (Å²) in [5.41, 5.74) is 2.35. The van der Waals surface area contributed by atoms with E-state index in [-0.39, 0.29) is 17.7 Å². The zero-order valence-electron chi connectivity index (χ0n) is 18.6. The summed E-state index contributed by atoms with van der Waals surface area (Å²) in [6, 6.07) is 14.8. The van der Waals surface area contributed by atoms with Gasteiger partial charge in [-0.05, 0) is 61.2 Å². The topological polar surface area (TPSA) is 93.2 Å². The molecule has 0 bridgehead atoms. The molecule has 2 amide bonds. The molecule has 0 saturated heterocycles. The Balaban J connectivity index is 1.52. The third-order valence-electron chi connectivity index (χ3n) is 5.24. The van der Waals surface area contributed by atoms with Crippen LogP contribution in [-0.2, 0) is 17.6 Å². The van der Waals surface area contributed by atoms with E-state index in [0.29, 0.717) is 16.4 Å². The van der Waals surface area contributed by atoms with E-state index in [2.05, 4.69) is 20.8 Å². The Morgan fingerprint density at radius 2 is 1.62 bits per heavy atom. The fourth-order valence-corrected chi connectivity index (χ4v) is 3.96. The van der Waals surface area contributed by atoms with Crippen LogP contribution in [0.2, 0.25) is 0 Å². The number of anilines is 2. The summed E-state index contributed by atoms with van der Waals surface area (Å²) < 4.78 is 5.17. The molecule has 0 aliphatic heterocycles. The summed E-state index contributed by atoms with van der Waals surface area (Å²) in [6.07, 6.45) is 3.17. The van der Waals surface area contributed by atoms with Gasteiger partial charge in [-0.25, -0.2) is 0 Å². The summed E-state index contributed by atoms with van der Waals surface area (Å²) in [5, 5.41) is 15.3. The molecule has 0 fully saturated rings. The van der Waals surface area contributed by atoms with Crippen molar-refractivity contribution in [3.05, 3.63) is 64.7 Å². The first-order chi connectivity index (χ1) is 15.5. The van der Waals surface area contributed by atoms with E-state index < -0.39 is 0 Å². The molecule has 0 saturated carbocycles. The second-order valence-corrected chi connectivity index (χ2v) is 8.45.